The number of aromatic nitrogens is 6. The number of aliphatic hydroxyl groups excluding tert-OH is 4. The molecule has 0 saturated carbocycles. The number of nitrogens with one attached hydrogen (secondary N) is 3. The molecule has 0 spiro atoms. The van der Waals surface area contributed by atoms with E-state index in [9.17, 15) is 52.9 Å². The maximum atomic E-state index is 13.6. The van der Waals surface area contributed by atoms with Gasteiger partial charge in [-0.1, -0.05) is 16.6 Å². The number of nitrogen functional groups attached to an aromatic ring is 1. The van der Waals surface area contributed by atoms with E-state index in [1.54, 1.807) is 0 Å². The lowest BCUT2D eigenvalue weighted by molar-refractivity contribution is -0.753. The van der Waals surface area contributed by atoms with Crippen molar-refractivity contribution in [1.29, 1.82) is 0 Å². The summed E-state index contributed by atoms with van der Waals surface area (Å²) in [6.45, 7) is -0.629. The molecule has 0 radical (unpaired) electrons. The second-order valence-electron chi connectivity index (χ2n) is 12.6. The summed E-state index contributed by atoms with van der Waals surface area (Å²) in [4.78, 5) is 55.2. The number of guanidine groups is 1. The van der Waals surface area contributed by atoms with Gasteiger partial charge in [0, 0.05) is 0 Å². The van der Waals surface area contributed by atoms with E-state index in [1.807, 2.05) is 0 Å². The first-order valence-electron chi connectivity index (χ1n) is 16.2. The lowest BCUT2D eigenvalue weighted by Crippen LogP contribution is -2.46. The number of nitrogens with zero attached hydrogens (tertiary/aromatic N) is 5. The van der Waals surface area contributed by atoms with Crippen LogP contribution in [0.5, 0.6) is 0 Å². The molecule has 57 heavy (non-hydrogen) atoms. The third-order valence-corrected chi connectivity index (χ3v) is 11.0. The smallest absolute Gasteiger partial charge is 0.387 e. The normalized spacial score (nSPS) is 30.0. The zero-order valence-electron chi connectivity index (χ0n) is 29.1. The number of hydrogen-bond acceptors (Lipinski definition) is 20. The molecule has 32 heteroatoms. The van der Waals surface area contributed by atoms with Crippen molar-refractivity contribution >= 4 is 58.1 Å². The SMILES string of the molecule is C=C1NC(N)=Nc2c1[nH]c[n+]2[C@@H]1OC(COP(=O)(O)OCC(COP(=O)(O)OC[C@H]2OC([n+]3cn(C)c4c(=O)[nH]c(N)nc43)[C@H](O)[C@@H]2O)OP(=O)(O)F)[C@@H](O)[C@H]1O. The van der Waals surface area contributed by atoms with E-state index >= 15 is 0 Å². The standard InChI is InChI=1S/C25H36FN10O18P3/c1-9-13-19(31-24(27)30-9)35(7-29-13)22-17(39)15(37)11(52-22)5-50-56(44,45)48-3-10(54-55(26,42)43)4-49-57(46,47)51-6-12-16(38)18(40)23(53-12)36-8-34(2)14-20(36)32-25(28)33-21(14)41/h7-8,10-12,15-18,22-23,37-40H,1,3-6H2,2H3,(H8-,27,28,30,31,32,33,41,42,43,44,45,46,47)/p+2/t10?,11?,12-,15-,16-,17-,18-,22-,23?/m1/s1. The molecular formula is C25H38FN10O18P3+2. The predicted molar refractivity (Wildman–Crippen MR) is 181 cm³/mol. The van der Waals surface area contributed by atoms with Gasteiger partial charge in [0.05, 0.1) is 39.2 Å². The highest BCUT2D eigenvalue weighted by Crippen LogP contribution is 2.50. The van der Waals surface area contributed by atoms with Crippen LogP contribution in [0.3, 0.4) is 0 Å². The van der Waals surface area contributed by atoms with Crippen molar-refractivity contribution in [3.05, 3.63) is 35.3 Å². The fourth-order valence-electron chi connectivity index (χ4n) is 5.98. The van der Waals surface area contributed by atoms with Crippen LogP contribution in [0.2, 0.25) is 0 Å². The fraction of sp³-hybridized carbons (Fsp3) is 0.560. The summed E-state index contributed by atoms with van der Waals surface area (Å²) in [5.74, 6) is -0.129. The van der Waals surface area contributed by atoms with Gasteiger partial charge in [-0.25, -0.2) is 22.8 Å². The summed E-state index contributed by atoms with van der Waals surface area (Å²) in [5, 5.41) is 45.1. The third-order valence-electron chi connectivity index (χ3n) is 8.57. The van der Waals surface area contributed by atoms with Gasteiger partial charge in [0.1, 0.15) is 42.7 Å². The van der Waals surface area contributed by atoms with E-state index in [-0.39, 0.29) is 28.9 Å². The van der Waals surface area contributed by atoms with E-state index in [1.165, 1.54) is 33.4 Å². The Balaban J connectivity index is 1.02. The molecule has 3 aromatic rings. The number of halogens is 1. The Kier molecular flexibility index (Phi) is 12.3. The molecule has 3 aromatic heterocycles. The van der Waals surface area contributed by atoms with Crippen molar-refractivity contribution < 1.29 is 94.2 Å². The van der Waals surface area contributed by atoms with Crippen molar-refractivity contribution in [3.8, 4) is 0 Å². The largest absolute Gasteiger partial charge is 0.510 e. The summed E-state index contributed by atoms with van der Waals surface area (Å²) in [7, 11) is -14.9. The quantitative estimate of drug-likeness (QED) is 0.0481. The number of phosphoric acid groups is 2. The second-order valence-corrected chi connectivity index (χ2v) is 16.6. The number of aliphatic hydroxyl groups is 4. The van der Waals surface area contributed by atoms with Crippen LogP contribution in [0.15, 0.2) is 29.0 Å². The molecule has 316 valence electrons. The zero-order chi connectivity index (χ0) is 41.8. The van der Waals surface area contributed by atoms with E-state index in [4.69, 9.17) is 34.9 Å². The van der Waals surface area contributed by atoms with Gasteiger partial charge < -0.3 is 56.5 Å². The van der Waals surface area contributed by atoms with Crippen LogP contribution in [0.1, 0.15) is 18.1 Å². The molecule has 6 heterocycles. The fourth-order valence-corrected chi connectivity index (χ4v) is 8.00. The lowest BCUT2D eigenvalue weighted by atomic mass is 10.1. The van der Waals surface area contributed by atoms with Gasteiger partial charge in [-0.3, -0.25) is 46.8 Å². The van der Waals surface area contributed by atoms with Crippen molar-refractivity contribution in [2.45, 2.75) is 55.2 Å². The first-order chi connectivity index (χ1) is 26.5. The third kappa shape index (κ3) is 9.51. The van der Waals surface area contributed by atoms with Gasteiger partial charge in [0.2, 0.25) is 18.0 Å². The number of phosphoric ester groups is 2. The van der Waals surface area contributed by atoms with Gasteiger partial charge in [0.25, 0.3) is 17.5 Å². The summed E-state index contributed by atoms with van der Waals surface area (Å²) in [6.07, 6.45) is -12.0. The molecular weight excluding hydrogens is 840 g/mol. The van der Waals surface area contributed by atoms with Gasteiger partial charge in [0.15, 0.2) is 18.3 Å². The number of fused-ring (bicyclic) bond motifs is 2. The van der Waals surface area contributed by atoms with Crippen molar-refractivity contribution in [2.24, 2.45) is 17.8 Å². The molecule has 2 saturated heterocycles. The minimum Gasteiger partial charge on any atom is -0.387 e. The van der Waals surface area contributed by atoms with E-state index in [0.717, 1.165) is 0 Å². The molecule has 14 N–H and O–H groups in total. The number of aryl methyl sites for hydroxylation is 1. The molecule has 12 atom stereocenters. The predicted octanol–water partition coefficient (Wildman–Crippen LogP) is -4.07. The van der Waals surface area contributed by atoms with E-state index < -0.39 is 111 Å². The van der Waals surface area contributed by atoms with E-state index in [2.05, 4.69) is 45.4 Å². The molecule has 6 rings (SSSR count). The molecule has 0 amide bonds. The number of imidazole rings is 2. The van der Waals surface area contributed by atoms with Crippen LogP contribution in [0.25, 0.3) is 16.9 Å². The van der Waals surface area contributed by atoms with E-state index in [0.29, 0.717) is 11.4 Å². The van der Waals surface area contributed by atoms with Crippen LogP contribution in [-0.2, 0) is 52.8 Å². The lowest BCUT2D eigenvalue weighted by Gasteiger charge is -2.22. The highest BCUT2D eigenvalue weighted by atomic mass is 31.2. The van der Waals surface area contributed by atoms with Crippen molar-refractivity contribution in [2.75, 3.05) is 32.2 Å². The number of hydrogen-bond donors (Lipinski definition) is 12. The summed E-state index contributed by atoms with van der Waals surface area (Å²) >= 11 is 0. The Bertz CT molecular complexity index is 2250. The number of aliphatic imine (C=N–C) groups is 1. The average Bonchev–Trinajstić information content (AvgIpc) is 3.83. The first-order valence-corrected chi connectivity index (χ1v) is 20.7. The maximum absolute atomic E-state index is 13.6. The van der Waals surface area contributed by atoms with Gasteiger partial charge in [-0.2, -0.15) is 0 Å². The Morgan fingerprint density at radius 1 is 0.947 bits per heavy atom. The number of anilines is 1. The van der Waals surface area contributed by atoms with Crippen LogP contribution in [-0.4, -0.2) is 130 Å². The summed E-state index contributed by atoms with van der Waals surface area (Å²) in [6, 6.07) is 0. The molecule has 28 nitrogen and oxygen atoms in total. The molecule has 0 bridgehead atoms. The molecule has 0 aromatic carbocycles. The Morgan fingerprint density at radius 3 is 2.04 bits per heavy atom. The number of nitrogens with two attached hydrogens (primary N) is 2. The number of rotatable bonds is 16. The van der Waals surface area contributed by atoms with Crippen LogP contribution in [0, 0.1) is 0 Å². The Morgan fingerprint density at radius 2 is 1.49 bits per heavy atom. The monoisotopic (exact) mass is 878 g/mol. The topological polar surface area (TPSA) is 408 Å². The molecule has 2 fully saturated rings. The average molecular weight is 879 g/mol. The highest BCUT2D eigenvalue weighted by molar-refractivity contribution is 7.48. The molecule has 6 unspecified atom stereocenters. The highest BCUT2D eigenvalue weighted by Gasteiger charge is 2.50. The minimum absolute atomic E-state index is 0.0289. The van der Waals surface area contributed by atoms with Crippen LogP contribution < -0.4 is 31.5 Å². The molecule has 3 aliphatic heterocycles. The zero-order valence-corrected chi connectivity index (χ0v) is 31.8. The summed E-state index contributed by atoms with van der Waals surface area (Å²) in [5.41, 5.74) is 11.5. The Hall–Kier alpha value is -3.57. The molecule has 0 aliphatic carbocycles. The van der Waals surface area contributed by atoms with Crippen molar-refractivity contribution in [3.63, 3.8) is 0 Å². The Labute approximate surface area is 317 Å². The van der Waals surface area contributed by atoms with Gasteiger partial charge >= 0.3 is 35.0 Å². The number of aromatic amines is 2. The first kappa shape index (κ1) is 43.0. The minimum atomic E-state index is -5.90. The molecule has 3 aliphatic rings. The summed E-state index contributed by atoms with van der Waals surface area (Å²) < 4.78 is 88.6. The number of ether oxygens (including phenoxy) is 2. The second kappa shape index (κ2) is 16.2. The van der Waals surface area contributed by atoms with Crippen LogP contribution in [0.4, 0.5) is 16.0 Å². The van der Waals surface area contributed by atoms with Crippen molar-refractivity contribution in [1.82, 2.24) is 24.8 Å². The van der Waals surface area contributed by atoms with Gasteiger partial charge in [-0.15, -0.1) is 4.20 Å². The maximum Gasteiger partial charge on any atom is 0.510 e. The van der Waals surface area contributed by atoms with Crippen LogP contribution >= 0.6 is 23.6 Å². The number of H-pyrrole nitrogens is 2. The van der Waals surface area contributed by atoms with Gasteiger partial charge in [-0.05, 0) is 0 Å².